The zero-order valence-electron chi connectivity index (χ0n) is 11.1. The molecule has 1 radical (unpaired) electrons. The summed E-state index contributed by atoms with van der Waals surface area (Å²) < 4.78 is 4.96. The standard InChI is InChI=1S/C18H11O3/c19-17(13-7-3-1-4-8-13)15-11-21-12-16(15)18(20)14-9-5-2-6-10-14/h1-11H. The molecule has 0 saturated heterocycles. The largest absolute Gasteiger partial charge is 0.459 e. The van der Waals surface area contributed by atoms with E-state index in [1.807, 2.05) is 12.1 Å². The van der Waals surface area contributed by atoms with Gasteiger partial charge in [-0.3, -0.25) is 9.59 Å². The molecule has 3 aromatic rings. The fraction of sp³-hybridized carbons (Fsp3) is 0. The molecule has 0 aliphatic carbocycles. The van der Waals surface area contributed by atoms with Gasteiger partial charge in [0.05, 0.1) is 11.1 Å². The Balaban J connectivity index is 1.99. The lowest BCUT2D eigenvalue weighted by Crippen LogP contribution is -2.08. The fourth-order valence-corrected chi connectivity index (χ4v) is 2.08. The molecule has 0 unspecified atom stereocenters. The Bertz CT molecular complexity index is 704. The third kappa shape index (κ3) is 2.54. The summed E-state index contributed by atoms with van der Waals surface area (Å²) in [5.74, 6) is -0.525. The van der Waals surface area contributed by atoms with Crippen molar-refractivity contribution < 1.29 is 14.0 Å². The summed E-state index contributed by atoms with van der Waals surface area (Å²) in [6.45, 7) is 0. The molecule has 0 bridgehead atoms. The third-order valence-corrected chi connectivity index (χ3v) is 3.15. The van der Waals surface area contributed by atoms with Crippen molar-refractivity contribution in [2.45, 2.75) is 0 Å². The van der Waals surface area contributed by atoms with Gasteiger partial charge in [-0.15, -0.1) is 0 Å². The molecular weight excluding hydrogens is 264 g/mol. The minimum Gasteiger partial charge on any atom is -0.459 e. The first-order valence-corrected chi connectivity index (χ1v) is 6.46. The van der Waals surface area contributed by atoms with Crippen LogP contribution in [-0.4, -0.2) is 11.6 Å². The van der Waals surface area contributed by atoms with E-state index in [1.165, 1.54) is 6.26 Å². The van der Waals surface area contributed by atoms with Crippen molar-refractivity contribution in [2.24, 2.45) is 0 Å². The van der Waals surface area contributed by atoms with Gasteiger partial charge in [-0.1, -0.05) is 60.7 Å². The zero-order chi connectivity index (χ0) is 14.7. The molecule has 3 rings (SSSR count). The predicted octanol–water partition coefficient (Wildman–Crippen LogP) is 3.54. The Morgan fingerprint density at radius 2 is 1.29 bits per heavy atom. The first kappa shape index (κ1) is 13.1. The molecule has 0 atom stereocenters. The minimum absolute atomic E-state index is 0.162. The molecule has 101 valence electrons. The van der Waals surface area contributed by atoms with Crippen LogP contribution in [0.25, 0.3) is 0 Å². The second-order valence-electron chi connectivity index (χ2n) is 4.52. The number of carbonyl (C=O) groups is 2. The van der Waals surface area contributed by atoms with Crippen LogP contribution in [0.5, 0.6) is 0 Å². The molecule has 1 aromatic heterocycles. The number of furan rings is 1. The number of ketones is 2. The Kier molecular flexibility index (Phi) is 3.48. The van der Waals surface area contributed by atoms with Gasteiger partial charge in [-0.25, -0.2) is 0 Å². The summed E-state index contributed by atoms with van der Waals surface area (Å²) in [5, 5.41) is 0. The van der Waals surface area contributed by atoms with E-state index in [-0.39, 0.29) is 22.7 Å². The lowest BCUT2D eigenvalue weighted by Gasteiger charge is -2.02. The Morgan fingerprint density at radius 3 is 1.86 bits per heavy atom. The average Bonchev–Trinajstić information content (AvgIpc) is 3.04. The van der Waals surface area contributed by atoms with Gasteiger partial charge >= 0.3 is 0 Å². The number of carbonyl (C=O) groups excluding carboxylic acids is 2. The van der Waals surface area contributed by atoms with Crippen LogP contribution in [0, 0.1) is 6.26 Å². The second kappa shape index (κ2) is 5.59. The van der Waals surface area contributed by atoms with Crippen molar-refractivity contribution in [3.8, 4) is 0 Å². The van der Waals surface area contributed by atoms with Gasteiger partial charge in [0, 0.05) is 11.1 Å². The maximum atomic E-state index is 12.4. The lowest BCUT2D eigenvalue weighted by atomic mass is 9.97. The summed E-state index contributed by atoms with van der Waals surface area (Å²) in [5.41, 5.74) is 1.40. The van der Waals surface area contributed by atoms with Crippen LogP contribution in [0.15, 0.2) is 71.3 Å². The quantitative estimate of drug-likeness (QED) is 0.684. The highest BCUT2D eigenvalue weighted by molar-refractivity contribution is 6.19. The van der Waals surface area contributed by atoms with E-state index in [2.05, 4.69) is 6.26 Å². The normalized spacial score (nSPS) is 10.3. The van der Waals surface area contributed by atoms with Crippen LogP contribution in [0.4, 0.5) is 0 Å². The van der Waals surface area contributed by atoms with E-state index >= 15 is 0 Å². The molecule has 3 heteroatoms. The highest BCUT2D eigenvalue weighted by atomic mass is 16.3. The smallest absolute Gasteiger partial charge is 0.197 e. The van der Waals surface area contributed by atoms with Gasteiger partial charge in [0.1, 0.15) is 6.26 Å². The SMILES string of the molecule is O=C(c1ccccc1)c1[c]occ1C(=O)c1ccccc1. The molecule has 21 heavy (non-hydrogen) atoms. The van der Waals surface area contributed by atoms with Crippen molar-refractivity contribution >= 4 is 11.6 Å². The molecule has 1 heterocycles. The molecule has 3 nitrogen and oxygen atoms in total. The molecule has 0 aliphatic heterocycles. The topological polar surface area (TPSA) is 47.3 Å². The molecule has 0 N–H and O–H groups in total. The second-order valence-corrected chi connectivity index (χ2v) is 4.52. The number of benzene rings is 2. The number of hydrogen-bond donors (Lipinski definition) is 0. The highest BCUT2D eigenvalue weighted by Crippen LogP contribution is 2.19. The molecule has 0 fully saturated rings. The van der Waals surface area contributed by atoms with Crippen molar-refractivity contribution in [1.29, 1.82) is 0 Å². The maximum absolute atomic E-state index is 12.4. The van der Waals surface area contributed by atoms with E-state index in [1.54, 1.807) is 48.5 Å². The average molecular weight is 275 g/mol. The van der Waals surface area contributed by atoms with Gasteiger partial charge in [-0.05, 0) is 0 Å². The predicted molar refractivity (Wildman–Crippen MR) is 77.3 cm³/mol. The highest BCUT2D eigenvalue weighted by Gasteiger charge is 2.22. The Morgan fingerprint density at radius 1 is 0.762 bits per heavy atom. The van der Waals surface area contributed by atoms with Crippen LogP contribution in [0.2, 0.25) is 0 Å². The van der Waals surface area contributed by atoms with Crippen LogP contribution in [0.1, 0.15) is 31.8 Å². The lowest BCUT2D eigenvalue weighted by molar-refractivity contribution is 0.100. The van der Waals surface area contributed by atoms with Crippen molar-refractivity contribution in [3.63, 3.8) is 0 Å². The van der Waals surface area contributed by atoms with Gasteiger partial charge in [-0.2, -0.15) is 0 Å². The molecule has 0 amide bonds. The molecule has 0 aliphatic rings. The zero-order valence-corrected chi connectivity index (χ0v) is 11.1. The van der Waals surface area contributed by atoms with E-state index in [9.17, 15) is 9.59 Å². The summed E-state index contributed by atoms with van der Waals surface area (Å²) in [6, 6.07) is 17.5. The van der Waals surface area contributed by atoms with Gasteiger partial charge in [0.25, 0.3) is 0 Å². The summed E-state index contributed by atoms with van der Waals surface area (Å²) >= 11 is 0. The number of rotatable bonds is 4. The van der Waals surface area contributed by atoms with Crippen LogP contribution in [-0.2, 0) is 0 Å². The van der Waals surface area contributed by atoms with E-state index in [0.29, 0.717) is 11.1 Å². The van der Waals surface area contributed by atoms with Crippen molar-refractivity contribution in [2.75, 3.05) is 0 Å². The van der Waals surface area contributed by atoms with Crippen LogP contribution in [0.3, 0.4) is 0 Å². The van der Waals surface area contributed by atoms with Crippen molar-refractivity contribution in [3.05, 3.63) is 95.4 Å². The third-order valence-electron chi connectivity index (χ3n) is 3.15. The van der Waals surface area contributed by atoms with Gasteiger partial charge in [0.15, 0.2) is 17.8 Å². The maximum Gasteiger partial charge on any atom is 0.197 e. The summed E-state index contributed by atoms with van der Waals surface area (Å²) in [4.78, 5) is 24.9. The van der Waals surface area contributed by atoms with Crippen LogP contribution < -0.4 is 0 Å². The molecule has 0 saturated carbocycles. The number of hydrogen-bond acceptors (Lipinski definition) is 3. The minimum atomic E-state index is -0.274. The van der Waals surface area contributed by atoms with E-state index in [4.69, 9.17) is 4.42 Å². The Hall–Kier alpha value is -2.94. The van der Waals surface area contributed by atoms with Gasteiger partial charge < -0.3 is 4.42 Å². The van der Waals surface area contributed by atoms with Crippen molar-refractivity contribution in [1.82, 2.24) is 0 Å². The van der Waals surface area contributed by atoms with E-state index in [0.717, 1.165) is 0 Å². The summed E-state index contributed by atoms with van der Waals surface area (Å²) in [6.07, 6.45) is 3.78. The molecule has 0 spiro atoms. The first-order chi connectivity index (χ1) is 10.3. The monoisotopic (exact) mass is 275 g/mol. The van der Waals surface area contributed by atoms with Gasteiger partial charge in [0.2, 0.25) is 0 Å². The van der Waals surface area contributed by atoms with Crippen LogP contribution >= 0.6 is 0 Å². The summed E-state index contributed by atoms with van der Waals surface area (Å²) in [7, 11) is 0. The first-order valence-electron chi connectivity index (χ1n) is 6.46. The molecular formula is C18H11O3. The Labute approximate surface area is 121 Å². The fourth-order valence-electron chi connectivity index (χ4n) is 2.08. The van der Waals surface area contributed by atoms with E-state index < -0.39 is 0 Å². The molecule has 2 aromatic carbocycles.